The molecule has 0 atom stereocenters. The van der Waals surface area contributed by atoms with Crippen molar-refractivity contribution in [3.05, 3.63) is 94.3 Å². The van der Waals surface area contributed by atoms with Gasteiger partial charge in [-0.05, 0) is 60.7 Å². The second-order valence-electron chi connectivity index (χ2n) is 7.69. The molecule has 0 aliphatic heterocycles. The Morgan fingerprint density at radius 2 is 1.41 bits per heavy atom. The van der Waals surface area contributed by atoms with Gasteiger partial charge in [0.25, 0.3) is 0 Å². The third kappa shape index (κ3) is 6.24. The number of aromatic nitrogens is 4. The summed E-state index contributed by atoms with van der Waals surface area (Å²) >= 11 is 5.86. The largest absolute Gasteiger partial charge is 0.301 e. The van der Waals surface area contributed by atoms with Gasteiger partial charge in [-0.15, -0.1) is 21.5 Å². The molecule has 2 heterocycles. The zero-order chi connectivity index (χ0) is 25.8. The van der Waals surface area contributed by atoms with Crippen LogP contribution in [0.3, 0.4) is 0 Å². The Morgan fingerprint density at radius 3 is 2.05 bits per heavy atom. The molecule has 0 bridgehead atoms. The Morgan fingerprint density at radius 1 is 0.811 bits per heavy atom. The first-order chi connectivity index (χ1) is 17.9. The molecule has 0 saturated heterocycles. The highest BCUT2D eigenvalue weighted by atomic mass is 79.9. The molecule has 1 N–H and O–H groups in total. The molecule has 11 heteroatoms. The second kappa shape index (κ2) is 11.2. The Labute approximate surface area is 227 Å². The lowest BCUT2D eigenvalue weighted by Crippen LogP contribution is -2.14. The topological polar surface area (TPSA) is 80.7 Å². The lowest BCUT2D eigenvalue weighted by atomic mass is 10.0. The summed E-state index contributed by atoms with van der Waals surface area (Å²) in [7, 11) is 0. The van der Waals surface area contributed by atoms with E-state index in [-0.39, 0.29) is 28.5 Å². The van der Waals surface area contributed by atoms with Gasteiger partial charge in [0, 0.05) is 26.5 Å². The number of nitrogens with zero attached hydrogens (tertiary/aromatic N) is 4. The number of carbonyl (C=O) groups excluding carboxylic acids is 1. The normalized spacial score (nSPS) is 10.9. The maximum absolute atomic E-state index is 13.5. The zero-order valence-electron chi connectivity index (χ0n) is 18.9. The van der Waals surface area contributed by atoms with Gasteiger partial charge < -0.3 is 5.32 Å². The van der Waals surface area contributed by atoms with E-state index < -0.39 is 0 Å². The van der Waals surface area contributed by atoms with Crippen molar-refractivity contribution in [2.45, 2.75) is 5.16 Å². The highest BCUT2D eigenvalue weighted by molar-refractivity contribution is 9.10. The van der Waals surface area contributed by atoms with Crippen molar-refractivity contribution in [2.75, 3.05) is 11.1 Å². The molecule has 37 heavy (non-hydrogen) atoms. The fourth-order valence-corrected chi connectivity index (χ4v) is 4.94. The molecule has 0 spiro atoms. The molecule has 5 rings (SSSR count). The summed E-state index contributed by atoms with van der Waals surface area (Å²) in [5.74, 6) is -0.995. The molecular formula is C26H16BrF2N5OS2. The molecule has 0 fully saturated rings. The number of thioether (sulfide) groups is 1. The van der Waals surface area contributed by atoms with Crippen LogP contribution in [-0.4, -0.2) is 31.8 Å². The smallest absolute Gasteiger partial charge is 0.236 e. The van der Waals surface area contributed by atoms with E-state index in [0.717, 1.165) is 27.5 Å². The number of amides is 1. The summed E-state index contributed by atoms with van der Waals surface area (Å²) in [5, 5.41) is 13.9. The fraction of sp³-hybridized carbons (Fsp3) is 0.0385. The predicted octanol–water partition coefficient (Wildman–Crippen LogP) is 7.10. The van der Waals surface area contributed by atoms with Crippen molar-refractivity contribution in [1.82, 2.24) is 20.2 Å². The van der Waals surface area contributed by atoms with Gasteiger partial charge in [-0.25, -0.2) is 18.7 Å². The number of halogens is 3. The second-order valence-corrected chi connectivity index (χ2v) is 10.4. The van der Waals surface area contributed by atoms with Gasteiger partial charge in [0.1, 0.15) is 23.0 Å². The minimum absolute atomic E-state index is 0.0353. The van der Waals surface area contributed by atoms with Crippen LogP contribution in [0.1, 0.15) is 0 Å². The lowest BCUT2D eigenvalue weighted by Gasteiger charge is -2.09. The number of rotatable bonds is 7. The van der Waals surface area contributed by atoms with Crippen LogP contribution in [0.15, 0.2) is 87.8 Å². The van der Waals surface area contributed by atoms with Crippen LogP contribution in [0.5, 0.6) is 0 Å². The van der Waals surface area contributed by atoms with Crippen LogP contribution in [0.4, 0.5) is 13.9 Å². The number of hydrogen-bond donors (Lipinski definition) is 1. The van der Waals surface area contributed by atoms with E-state index in [9.17, 15) is 13.6 Å². The molecule has 0 saturated carbocycles. The molecule has 5 aromatic rings. The summed E-state index contributed by atoms with van der Waals surface area (Å²) in [6, 6.07) is 19.3. The Bertz CT molecular complexity index is 1550. The summed E-state index contributed by atoms with van der Waals surface area (Å²) in [4.78, 5) is 21.6. The third-order valence-electron chi connectivity index (χ3n) is 5.13. The van der Waals surface area contributed by atoms with Crippen LogP contribution in [-0.2, 0) is 4.79 Å². The summed E-state index contributed by atoms with van der Waals surface area (Å²) in [5.41, 5.74) is 3.81. The summed E-state index contributed by atoms with van der Waals surface area (Å²) in [6.45, 7) is 0. The number of carbonyl (C=O) groups is 1. The molecule has 3 aromatic carbocycles. The molecule has 0 aliphatic carbocycles. The Hall–Kier alpha value is -3.54. The van der Waals surface area contributed by atoms with Crippen molar-refractivity contribution in [3.8, 4) is 33.8 Å². The average molecular weight is 596 g/mol. The number of thiazole rings is 1. The van der Waals surface area contributed by atoms with Crippen LogP contribution < -0.4 is 5.32 Å². The van der Waals surface area contributed by atoms with Gasteiger partial charge >= 0.3 is 0 Å². The van der Waals surface area contributed by atoms with Crippen molar-refractivity contribution >= 4 is 50.1 Å². The lowest BCUT2D eigenvalue weighted by molar-refractivity contribution is -0.113. The minimum Gasteiger partial charge on any atom is -0.301 e. The van der Waals surface area contributed by atoms with Crippen molar-refractivity contribution in [3.63, 3.8) is 0 Å². The number of hydrogen-bond acceptors (Lipinski definition) is 7. The highest BCUT2D eigenvalue weighted by Crippen LogP contribution is 2.31. The first-order valence-electron chi connectivity index (χ1n) is 10.9. The molecule has 6 nitrogen and oxygen atoms in total. The zero-order valence-corrected chi connectivity index (χ0v) is 22.1. The molecule has 1 amide bonds. The van der Waals surface area contributed by atoms with Crippen molar-refractivity contribution in [2.24, 2.45) is 0 Å². The van der Waals surface area contributed by atoms with Crippen LogP contribution in [0.25, 0.3) is 33.8 Å². The Balaban J connectivity index is 1.31. The van der Waals surface area contributed by atoms with Gasteiger partial charge in [-0.3, -0.25) is 4.79 Å². The summed E-state index contributed by atoms with van der Waals surface area (Å²) < 4.78 is 27.9. The van der Waals surface area contributed by atoms with Gasteiger partial charge in [0.15, 0.2) is 5.13 Å². The van der Waals surface area contributed by atoms with E-state index >= 15 is 0 Å². The average Bonchev–Trinajstić information content (AvgIpc) is 3.37. The molecule has 0 unspecified atom stereocenters. The van der Waals surface area contributed by atoms with Gasteiger partial charge in [0.05, 0.1) is 11.4 Å². The van der Waals surface area contributed by atoms with Crippen LogP contribution in [0, 0.1) is 11.6 Å². The standard InChI is InChI=1S/C26H16BrF2N5OS2/c27-18-7-1-15(2-8-18)21-13-36-25(30-21)31-22(35)14-37-26-32-23(16-3-9-19(28)10-4-16)24(33-34-26)17-5-11-20(29)12-6-17/h1-13H,14H2,(H,30,31,35). The number of benzene rings is 3. The molecule has 0 aliphatic rings. The van der Waals surface area contributed by atoms with Crippen LogP contribution in [0.2, 0.25) is 0 Å². The minimum atomic E-state index is -0.383. The first kappa shape index (κ1) is 25.1. The molecule has 0 radical (unpaired) electrons. The third-order valence-corrected chi connectivity index (χ3v) is 7.25. The maximum Gasteiger partial charge on any atom is 0.236 e. The van der Waals surface area contributed by atoms with Crippen LogP contribution >= 0.6 is 39.0 Å². The fourth-order valence-electron chi connectivity index (χ4n) is 3.35. The molecule has 2 aromatic heterocycles. The first-order valence-corrected chi connectivity index (χ1v) is 13.5. The Kier molecular flexibility index (Phi) is 7.63. The van der Waals surface area contributed by atoms with E-state index in [2.05, 4.69) is 41.4 Å². The van der Waals surface area contributed by atoms with E-state index in [1.165, 1.54) is 35.6 Å². The SMILES string of the molecule is O=C(CSc1nnc(-c2ccc(F)cc2)c(-c2ccc(F)cc2)n1)Nc1nc(-c2ccc(Br)cc2)cs1. The van der Waals surface area contributed by atoms with Gasteiger partial charge in [0.2, 0.25) is 11.1 Å². The quantitative estimate of drug-likeness (QED) is 0.202. The number of anilines is 1. The maximum atomic E-state index is 13.5. The van der Waals surface area contributed by atoms with E-state index in [1.807, 2.05) is 29.6 Å². The number of nitrogens with one attached hydrogen (secondary N) is 1. The predicted molar refractivity (Wildman–Crippen MR) is 145 cm³/mol. The van der Waals surface area contributed by atoms with Gasteiger partial charge in [-0.1, -0.05) is 39.8 Å². The molecular weight excluding hydrogens is 580 g/mol. The van der Waals surface area contributed by atoms with Crippen molar-refractivity contribution in [1.29, 1.82) is 0 Å². The van der Waals surface area contributed by atoms with Crippen molar-refractivity contribution < 1.29 is 13.6 Å². The van der Waals surface area contributed by atoms with E-state index in [0.29, 0.717) is 27.6 Å². The highest BCUT2D eigenvalue weighted by Gasteiger charge is 2.16. The van der Waals surface area contributed by atoms with E-state index in [4.69, 9.17) is 0 Å². The summed E-state index contributed by atoms with van der Waals surface area (Å²) in [6.07, 6.45) is 0. The van der Waals surface area contributed by atoms with Gasteiger partial charge in [-0.2, -0.15) is 0 Å². The van der Waals surface area contributed by atoms with E-state index in [1.54, 1.807) is 24.3 Å². The monoisotopic (exact) mass is 595 g/mol. The molecule has 184 valence electrons.